The van der Waals surface area contributed by atoms with Gasteiger partial charge in [0.2, 0.25) is 11.6 Å². The zero-order chi connectivity index (χ0) is 16.4. The summed E-state index contributed by atoms with van der Waals surface area (Å²) >= 11 is 0. The molecule has 2 heterocycles. The Kier molecular flexibility index (Phi) is 4.38. The molecule has 0 amide bonds. The molecule has 0 N–H and O–H groups in total. The highest BCUT2D eigenvalue weighted by atomic mass is 16.5. The maximum absolute atomic E-state index is 12.7. The van der Waals surface area contributed by atoms with Gasteiger partial charge in [-0.1, -0.05) is 0 Å². The molecule has 0 saturated carbocycles. The van der Waals surface area contributed by atoms with E-state index < -0.39 is 0 Å². The zero-order valence-corrected chi connectivity index (χ0v) is 13.4. The number of aromatic nitrogens is 2. The number of carbonyl (C=O) groups excluding carboxylic acids is 2. The summed E-state index contributed by atoms with van der Waals surface area (Å²) in [6.45, 7) is 7.86. The first kappa shape index (κ1) is 15.6. The van der Waals surface area contributed by atoms with Crippen LogP contribution in [-0.2, 0) is 4.74 Å². The Hall–Kier alpha value is -2.28. The molecule has 0 atom stereocenters. The minimum atomic E-state index is -0.261. The molecule has 1 aromatic heterocycles. The third kappa shape index (κ3) is 2.84. The molecule has 7 heteroatoms. The lowest BCUT2D eigenvalue weighted by atomic mass is 10.0. The molecule has 1 aliphatic heterocycles. The van der Waals surface area contributed by atoms with Crippen LogP contribution in [0.25, 0.3) is 0 Å². The van der Waals surface area contributed by atoms with Gasteiger partial charge in [0.05, 0.1) is 25.1 Å². The van der Waals surface area contributed by atoms with Gasteiger partial charge in [0.15, 0.2) is 0 Å². The molecule has 3 rings (SSSR count). The second-order valence-electron chi connectivity index (χ2n) is 5.42. The quantitative estimate of drug-likeness (QED) is 0.817. The van der Waals surface area contributed by atoms with Crippen LogP contribution >= 0.6 is 0 Å². The molecule has 2 aliphatic rings. The van der Waals surface area contributed by atoms with E-state index in [1.807, 2.05) is 23.6 Å². The van der Waals surface area contributed by atoms with E-state index in [2.05, 4.69) is 9.97 Å². The number of anilines is 1. The van der Waals surface area contributed by atoms with Gasteiger partial charge in [0.25, 0.3) is 0 Å². The monoisotopic (exact) mass is 316 g/mol. The van der Waals surface area contributed by atoms with Crippen molar-refractivity contribution in [2.24, 2.45) is 0 Å². The number of morpholine rings is 1. The van der Waals surface area contributed by atoms with Crippen molar-refractivity contribution in [2.45, 2.75) is 13.8 Å². The Morgan fingerprint density at radius 3 is 2.52 bits per heavy atom. The number of nitrogens with zero attached hydrogens (tertiary/aromatic N) is 4. The van der Waals surface area contributed by atoms with Crippen molar-refractivity contribution in [1.82, 2.24) is 14.9 Å². The maximum atomic E-state index is 12.7. The summed E-state index contributed by atoms with van der Waals surface area (Å²) in [5.74, 6) is 0.126. The minimum Gasteiger partial charge on any atom is -0.378 e. The van der Waals surface area contributed by atoms with E-state index in [0.717, 1.165) is 13.1 Å². The van der Waals surface area contributed by atoms with Crippen molar-refractivity contribution in [2.75, 3.05) is 44.3 Å². The molecule has 0 spiro atoms. The molecular formula is C16H20N4O3. The van der Waals surface area contributed by atoms with E-state index in [1.165, 1.54) is 6.08 Å². The predicted octanol–water partition coefficient (Wildman–Crippen LogP) is 0.918. The number of allylic oxidation sites excluding steroid dienone is 2. The molecule has 23 heavy (non-hydrogen) atoms. The highest BCUT2D eigenvalue weighted by molar-refractivity contribution is 6.22. The van der Waals surface area contributed by atoms with E-state index in [9.17, 15) is 9.59 Å². The number of ether oxygens (including phenoxy) is 1. The van der Waals surface area contributed by atoms with Crippen LogP contribution < -0.4 is 4.90 Å². The number of hydrogen-bond acceptors (Lipinski definition) is 7. The Morgan fingerprint density at radius 1 is 1.17 bits per heavy atom. The molecule has 0 aromatic carbocycles. The van der Waals surface area contributed by atoms with Gasteiger partial charge in [-0.15, -0.1) is 0 Å². The molecule has 1 aromatic rings. The van der Waals surface area contributed by atoms with Gasteiger partial charge in [0.1, 0.15) is 17.2 Å². The smallest absolute Gasteiger partial charge is 0.229 e. The first-order chi connectivity index (χ1) is 11.2. The van der Waals surface area contributed by atoms with Crippen molar-refractivity contribution in [3.8, 4) is 0 Å². The Balaban J connectivity index is 1.94. The summed E-state index contributed by atoms with van der Waals surface area (Å²) in [6, 6.07) is 0. The van der Waals surface area contributed by atoms with Crippen molar-refractivity contribution < 1.29 is 14.3 Å². The lowest BCUT2D eigenvalue weighted by molar-refractivity contribution is 0.0500. The van der Waals surface area contributed by atoms with E-state index in [0.29, 0.717) is 37.8 Å². The third-order valence-corrected chi connectivity index (χ3v) is 4.15. The average Bonchev–Trinajstić information content (AvgIpc) is 2.60. The normalized spacial score (nSPS) is 17.8. The Labute approximate surface area is 135 Å². The van der Waals surface area contributed by atoms with E-state index >= 15 is 0 Å². The molecule has 0 bridgehead atoms. The number of hydrogen-bond donors (Lipinski definition) is 0. The van der Waals surface area contributed by atoms with Gasteiger partial charge < -0.3 is 14.5 Å². The molecule has 122 valence electrons. The third-order valence-electron chi connectivity index (χ3n) is 4.15. The van der Waals surface area contributed by atoms with Gasteiger partial charge in [-0.25, -0.2) is 9.97 Å². The number of ketones is 2. The number of Topliss-reactive ketones (excluding diaryl/α,β-unsaturated/α-hetero) is 1. The van der Waals surface area contributed by atoms with Crippen LogP contribution in [0.4, 0.5) is 5.82 Å². The molecular weight excluding hydrogens is 296 g/mol. The van der Waals surface area contributed by atoms with Crippen molar-refractivity contribution in [1.29, 1.82) is 0 Å². The molecule has 7 nitrogen and oxygen atoms in total. The largest absolute Gasteiger partial charge is 0.378 e. The van der Waals surface area contributed by atoms with Crippen LogP contribution in [0, 0.1) is 0 Å². The summed E-state index contributed by atoms with van der Waals surface area (Å²) < 4.78 is 5.29. The van der Waals surface area contributed by atoms with Crippen LogP contribution in [0.2, 0.25) is 0 Å². The van der Waals surface area contributed by atoms with Crippen LogP contribution in [-0.4, -0.2) is 65.8 Å². The van der Waals surface area contributed by atoms with Crippen LogP contribution in [0.15, 0.2) is 18.0 Å². The van der Waals surface area contributed by atoms with E-state index in [1.54, 1.807) is 6.20 Å². The molecule has 0 radical (unpaired) electrons. The van der Waals surface area contributed by atoms with Gasteiger partial charge >= 0.3 is 0 Å². The Morgan fingerprint density at radius 2 is 1.87 bits per heavy atom. The molecule has 1 fully saturated rings. The van der Waals surface area contributed by atoms with Crippen molar-refractivity contribution in [3.63, 3.8) is 0 Å². The SMILES string of the molecule is CCN(CC)c1cnc2c(n1)C(=O)C=C(N1CCOCC1)C2=O. The highest BCUT2D eigenvalue weighted by Crippen LogP contribution is 2.23. The summed E-state index contributed by atoms with van der Waals surface area (Å²) in [5, 5.41) is 0. The fraction of sp³-hybridized carbons (Fsp3) is 0.500. The highest BCUT2D eigenvalue weighted by Gasteiger charge is 2.32. The summed E-state index contributed by atoms with van der Waals surface area (Å²) in [7, 11) is 0. The van der Waals surface area contributed by atoms with Crippen LogP contribution in [0.1, 0.15) is 34.8 Å². The maximum Gasteiger partial charge on any atom is 0.229 e. The zero-order valence-electron chi connectivity index (χ0n) is 13.4. The number of carbonyl (C=O) groups is 2. The minimum absolute atomic E-state index is 0.148. The van der Waals surface area contributed by atoms with Gasteiger partial charge in [-0.3, -0.25) is 9.59 Å². The fourth-order valence-corrected chi connectivity index (χ4v) is 2.84. The van der Waals surface area contributed by atoms with Crippen molar-refractivity contribution in [3.05, 3.63) is 29.4 Å². The van der Waals surface area contributed by atoms with Gasteiger partial charge in [0, 0.05) is 32.3 Å². The number of fused-ring (bicyclic) bond motifs is 1. The van der Waals surface area contributed by atoms with Crippen LogP contribution in [0.5, 0.6) is 0 Å². The predicted molar refractivity (Wildman–Crippen MR) is 84.7 cm³/mol. The second kappa shape index (κ2) is 6.45. The van der Waals surface area contributed by atoms with Gasteiger partial charge in [-0.05, 0) is 13.8 Å². The Bertz CT molecular complexity index is 661. The topological polar surface area (TPSA) is 75.6 Å². The van der Waals surface area contributed by atoms with Crippen molar-refractivity contribution >= 4 is 17.4 Å². The lowest BCUT2D eigenvalue weighted by Gasteiger charge is -2.31. The first-order valence-electron chi connectivity index (χ1n) is 7.91. The summed E-state index contributed by atoms with van der Waals surface area (Å²) in [6.07, 6.45) is 2.95. The van der Waals surface area contributed by atoms with E-state index in [4.69, 9.17) is 4.74 Å². The van der Waals surface area contributed by atoms with Gasteiger partial charge in [-0.2, -0.15) is 0 Å². The first-order valence-corrected chi connectivity index (χ1v) is 7.91. The molecule has 0 unspecified atom stereocenters. The lowest BCUT2D eigenvalue weighted by Crippen LogP contribution is -2.40. The second-order valence-corrected chi connectivity index (χ2v) is 5.42. The molecule has 1 saturated heterocycles. The molecule has 1 aliphatic carbocycles. The fourth-order valence-electron chi connectivity index (χ4n) is 2.84. The number of rotatable bonds is 4. The summed E-state index contributed by atoms with van der Waals surface area (Å²) in [4.78, 5) is 37.6. The van der Waals surface area contributed by atoms with E-state index in [-0.39, 0.29) is 23.0 Å². The standard InChI is InChI=1S/C16H20N4O3/c1-3-19(4-2)13-10-17-15-14(18-13)12(21)9-11(16(15)22)20-5-7-23-8-6-20/h9-10H,3-8H2,1-2H3. The average molecular weight is 316 g/mol. The van der Waals surface area contributed by atoms with Crippen LogP contribution in [0.3, 0.4) is 0 Å². The summed E-state index contributed by atoms with van der Waals surface area (Å²) in [5.41, 5.74) is 0.696.